The van der Waals surface area contributed by atoms with Crippen LogP contribution in [0.2, 0.25) is 0 Å². The van der Waals surface area contributed by atoms with E-state index in [1.807, 2.05) is 0 Å². The van der Waals surface area contributed by atoms with Crippen LogP contribution >= 0.6 is 0 Å². The van der Waals surface area contributed by atoms with Crippen molar-refractivity contribution in [1.82, 2.24) is 5.32 Å². The quantitative estimate of drug-likeness (QED) is 0.767. The minimum Gasteiger partial charge on any atom is -0.462 e. The Labute approximate surface area is 109 Å². The van der Waals surface area contributed by atoms with Crippen LogP contribution in [0.1, 0.15) is 52.9 Å². The second-order valence-electron chi connectivity index (χ2n) is 5.45. The van der Waals surface area contributed by atoms with Crippen molar-refractivity contribution in [3.63, 3.8) is 0 Å². The van der Waals surface area contributed by atoms with Gasteiger partial charge in [-0.1, -0.05) is 20.3 Å². The van der Waals surface area contributed by atoms with Crippen LogP contribution in [0.4, 0.5) is 0 Å². The van der Waals surface area contributed by atoms with Crippen molar-refractivity contribution in [2.75, 3.05) is 6.54 Å². The SMILES string of the molecule is CC(=O)NCCC(=O)O[C@H]1CCCC[C@@H]1C(C)C. The monoisotopic (exact) mass is 255 g/mol. The minimum atomic E-state index is -0.193. The van der Waals surface area contributed by atoms with Gasteiger partial charge in [0.1, 0.15) is 6.10 Å². The minimum absolute atomic E-state index is 0.0728. The molecule has 1 fully saturated rings. The third-order valence-electron chi connectivity index (χ3n) is 3.60. The molecule has 4 heteroatoms. The fraction of sp³-hybridized carbons (Fsp3) is 0.857. The third kappa shape index (κ3) is 5.07. The molecule has 18 heavy (non-hydrogen) atoms. The van der Waals surface area contributed by atoms with Crippen molar-refractivity contribution in [3.05, 3.63) is 0 Å². The normalized spacial score (nSPS) is 23.8. The van der Waals surface area contributed by atoms with Crippen LogP contribution < -0.4 is 5.32 Å². The Kier molecular flexibility index (Phi) is 6.16. The van der Waals surface area contributed by atoms with E-state index in [0.717, 1.165) is 19.3 Å². The van der Waals surface area contributed by atoms with Gasteiger partial charge >= 0.3 is 5.97 Å². The highest BCUT2D eigenvalue weighted by Gasteiger charge is 2.30. The lowest BCUT2D eigenvalue weighted by Crippen LogP contribution is -2.34. The van der Waals surface area contributed by atoms with E-state index in [0.29, 0.717) is 18.4 Å². The Balaban J connectivity index is 2.34. The van der Waals surface area contributed by atoms with Gasteiger partial charge in [0, 0.05) is 13.5 Å². The lowest BCUT2D eigenvalue weighted by Gasteiger charge is -2.33. The first-order valence-electron chi connectivity index (χ1n) is 6.94. The predicted octanol–water partition coefficient (Wildman–Crippen LogP) is 2.27. The van der Waals surface area contributed by atoms with E-state index in [1.165, 1.54) is 13.3 Å². The van der Waals surface area contributed by atoms with Gasteiger partial charge < -0.3 is 10.1 Å². The molecule has 1 N–H and O–H groups in total. The Hall–Kier alpha value is -1.06. The van der Waals surface area contributed by atoms with Crippen LogP contribution in [0.25, 0.3) is 0 Å². The zero-order valence-corrected chi connectivity index (χ0v) is 11.7. The first kappa shape index (κ1) is 15.0. The molecular formula is C14H25NO3. The van der Waals surface area contributed by atoms with Gasteiger partial charge in [-0.25, -0.2) is 0 Å². The Bertz CT molecular complexity index is 289. The molecule has 0 heterocycles. The fourth-order valence-electron chi connectivity index (χ4n) is 2.60. The van der Waals surface area contributed by atoms with Crippen molar-refractivity contribution in [2.24, 2.45) is 11.8 Å². The fourth-order valence-corrected chi connectivity index (χ4v) is 2.60. The molecule has 0 aromatic rings. The highest BCUT2D eigenvalue weighted by molar-refractivity contribution is 5.74. The van der Waals surface area contributed by atoms with E-state index in [-0.39, 0.29) is 24.4 Å². The van der Waals surface area contributed by atoms with Gasteiger partial charge in [-0.3, -0.25) is 9.59 Å². The summed E-state index contributed by atoms with van der Waals surface area (Å²) >= 11 is 0. The molecule has 0 bridgehead atoms. The molecule has 0 radical (unpaired) electrons. The highest BCUT2D eigenvalue weighted by atomic mass is 16.5. The molecule has 1 aliphatic rings. The van der Waals surface area contributed by atoms with Crippen LogP contribution in [0.5, 0.6) is 0 Å². The summed E-state index contributed by atoms with van der Waals surface area (Å²) < 4.78 is 5.56. The molecule has 1 aliphatic carbocycles. The van der Waals surface area contributed by atoms with Gasteiger partial charge in [0.25, 0.3) is 0 Å². The van der Waals surface area contributed by atoms with E-state index >= 15 is 0 Å². The molecule has 0 spiro atoms. The van der Waals surface area contributed by atoms with E-state index in [1.54, 1.807) is 0 Å². The van der Waals surface area contributed by atoms with Gasteiger partial charge in [-0.05, 0) is 31.1 Å². The van der Waals surface area contributed by atoms with E-state index in [4.69, 9.17) is 4.74 Å². The highest BCUT2D eigenvalue weighted by Crippen LogP contribution is 2.32. The summed E-state index contributed by atoms with van der Waals surface area (Å²) in [7, 11) is 0. The maximum atomic E-state index is 11.7. The number of carbonyl (C=O) groups is 2. The Morgan fingerprint density at radius 1 is 1.28 bits per heavy atom. The van der Waals surface area contributed by atoms with Crippen molar-refractivity contribution in [2.45, 2.75) is 59.0 Å². The second kappa shape index (κ2) is 7.39. The van der Waals surface area contributed by atoms with Gasteiger partial charge in [-0.15, -0.1) is 0 Å². The second-order valence-corrected chi connectivity index (χ2v) is 5.45. The molecule has 4 nitrogen and oxygen atoms in total. The van der Waals surface area contributed by atoms with Gasteiger partial charge in [0.05, 0.1) is 6.42 Å². The van der Waals surface area contributed by atoms with Crippen molar-refractivity contribution in [1.29, 1.82) is 0 Å². The average Bonchev–Trinajstić information content (AvgIpc) is 2.28. The summed E-state index contributed by atoms with van der Waals surface area (Å²) in [4.78, 5) is 22.4. The van der Waals surface area contributed by atoms with Crippen LogP contribution in [0, 0.1) is 11.8 Å². The van der Waals surface area contributed by atoms with Gasteiger partial charge in [0.15, 0.2) is 0 Å². The molecule has 0 unspecified atom stereocenters. The lowest BCUT2D eigenvalue weighted by atomic mass is 9.79. The number of esters is 1. The summed E-state index contributed by atoms with van der Waals surface area (Å²) in [5, 5.41) is 2.61. The zero-order valence-electron chi connectivity index (χ0n) is 11.7. The van der Waals surface area contributed by atoms with Crippen LogP contribution in [0.15, 0.2) is 0 Å². The lowest BCUT2D eigenvalue weighted by molar-refractivity contribution is -0.154. The molecule has 0 saturated heterocycles. The van der Waals surface area contributed by atoms with Gasteiger partial charge in [0.2, 0.25) is 5.91 Å². The molecule has 1 amide bonds. The zero-order chi connectivity index (χ0) is 13.5. The molecule has 1 saturated carbocycles. The van der Waals surface area contributed by atoms with E-state index < -0.39 is 0 Å². The maximum Gasteiger partial charge on any atom is 0.307 e. The summed E-state index contributed by atoms with van der Waals surface area (Å²) in [5.41, 5.74) is 0. The number of hydrogen-bond donors (Lipinski definition) is 1. The summed E-state index contributed by atoms with van der Waals surface area (Å²) in [6.07, 6.45) is 4.86. The smallest absolute Gasteiger partial charge is 0.307 e. The van der Waals surface area contributed by atoms with Crippen LogP contribution in [-0.2, 0) is 14.3 Å². The molecule has 0 aliphatic heterocycles. The Morgan fingerprint density at radius 2 is 1.94 bits per heavy atom. The summed E-state index contributed by atoms with van der Waals surface area (Å²) in [6, 6.07) is 0. The van der Waals surface area contributed by atoms with Crippen molar-refractivity contribution in [3.8, 4) is 0 Å². The molecule has 1 rings (SSSR count). The largest absolute Gasteiger partial charge is 0.462 e. The maximum absolute atomic E-state index is 11.7. The topological polar surface area (TPSA) is 55.4 Å². The standard InChI is InChI=1S/C14H25NO3/c1-10(2)12-6-4-5-7-13(12)18-14(17)8-9-15-11(3)16/h10,12-13H,4-9H2,1-3H3,(H,15,16)/t12-,13+/m1/s1. The molecule has 0 aromatic heterocycles. The van der Waals surface area contributed by atoms with Crippen molar-refractivity contribution >= 4 is 11.9 Å². The third-order valence-corrected chi connectivity index (χ3v) is 3.60. The molecule has 2 atom stereocenters. The molecular weight excluding hydrogens is 230 g/mol. The van der Waals surface area contributed by atoms with Gasteiger partial charge in [-0.2, -0.15) is 0 Å². The number of amides is 1. The first-order chi connectivity index (χ1) is 8.50. The van der Waals surface area contributed by atoms with E-state index in [9.17, 15) is 9.59 Å². The van der Waals surface area contributed by atoms with Crippen LogP contribution in [0.3, 0.4) is 0 Å². The average molecular weight is 255 g/mol. The van der Waals surface area contributed by atoms with Crippen LogP contribution in [-0.4, -0.2) is 24.5 Å². The number of ether oxygens (including phenoxy) is 1. The number of rotatable bonds is 5. The Morgan fingerprint density at radius 3 is 2.56 bits per heavy atom. The first-order valence-corrected chi connectivity index (χ1v) is 6.94. The number of carbonyl (C=O) groups excluding carboxylic acids is 2. The predicted molar refractivity (Wildman–Crippen MR) is 70.0 cm³/mol. The summed E-state index contributed by atoms with van der Waals surface area (Å²) in [6.45, 7) is 6.19. The van der Waals surface area contributed by atoms with Crippen molar-refractivity contribution < 1.29 is 14.3 Å². The molecule has 0 aromatic carbocycles. The number of nitrogens with one attached hydrogen (secondary N) is 1. The van der Waals surface area contributed by atoms with E-state index in [2.05, 4.69) is 19.2 Å². The number of hydrogen-bond acceptors (Lipinski definition) is 3. The summed E-state index contributed by atoms with van der Waals surface area (Å²) in [5.74, 6) is 0.740. The molecule has 104 valence electrons.